The lowest BCUT2D eigenvalue weighted by molar-refractivity contribution is -0.150. The Morgan fingerprint density at radius 3 is 2.56 bits per heavy atom. The van der Waals surface area contributed by atoms with Crippen molar-refractivity contribution in [3.8, 4) is 11.5 Å². The number of benzene rings is 1. The van der Waals surface area contributed by atoms with Gasteiger partial charge in [-0.1, -0.05) is 15.9 Å². The van der Waals surface area contributed by atoms with Gasteiger partial charge in [-0.25, -0.2) is 4.79 Å². The van der Waals surface area contributed by atoms with E-state index in [0.717, 1.165) is 16.7 Å². The Bertz CT molecular complexity index is 794. The van der Waals surface area contributed by atoms with E-state index in [1.165, 1.54) is 14.0 Å². The van der Waals surface area contributed by atoms with E-state index in [0.29, 0.717) is 28.1 Å². The summed E-state index contributed by atoms with van der Waals surface area (Å²) in [5.74, 6) is -0.0879. The molecule has 0 spiro atoms. The van der Waals surface area contributed by atoms with Gasteiger partial charge in [-0.2, -0.15) is 0 Å². The first-order valence-electron chi connectivity index (χ1n) is 8.28. The number of thioether (sulfide) groups is 1. The average Bonchev–Trinajstić information content (AvgIpc) is 2.90. The Morgan fingerprint density at radius 2 is 1.96 bits per heavy atom. The number of rotatable bonds is 7. The van der Waals surface area contributed by atoms with Crippen LogP contribution in [0.15, 0.2) is 21.5 Å². The highest BCUT2D eigenvalue weighted by molar-refractivity contribution is 9.10. The number of halogens is 1. The van der Waals surface area contributed by atoms with E-state index >= 15 is 0 Å². The van der Waals surface area contributed by atoms with Gasteiger partial charge in [0, 0.05) is 4.47 Å². The fourth-order valence-electron chi connectivity index (χ4n) is 2.41. The van der Waals surface area contributed by atoms with Crippen LogP contribution < -0.4 is 9.47 Å². The van der Waals surface area contributed by atoms with Crippen molar-refractivity contribution in [2.45, 2.75) is 26.8 Å². The van der Waals surface area contributed by atoms with Gasteiger partial charge < -0.3 is 14.2 Å². The van der Waals surface area contributed by atoms with Crippen molar-refractivity contribution in [3.05, 3.63) is 27.1 Å². The van der Waals surface area contributed by atoms with Crippen molar-refractivity contribution in [2.75, 3.05) is 20.3 Å². The third kappa shape index (κ3) is 4.65. The predicted octanol–water partition coefficient (Wildman–Crippen LogP) is 3.84. The minimum absolute atomic E-state index is 0.175. The molecule has 0 radical (unpaired) electrons. The molecule has 0 unspecified atom stereocenters. The molecule has 1 saturated heterocycles. The normalized spacial score (nSPS) is 16.6. The molecule has 27 heavy (non-hydrogen) atoms. The SMILES string of the molecule is CCOC(=O)[C@@H](C)N1C(=O)S/C(=C/c2cc(OCC)c(OC)cc2Br)C1=O. The molecule has 0 N–H and O–H groups in total. The summed E-state index contributed by atoms with van der Waals surface area (Å²) < 4.78 is 16.4. The molecular formula is C18H20BrNO6S. The molecule has 1 aromatic carbocycles. The standard InChI is InChI=1S/C18H20BrNO6S/c1-5-25-14-7-11(12(19)9-13(14)24-4)8-15-16(21)20(18(23)27-15)10(3)17(22)26-6-2/h7-10H,5-6H2,1-4H3/b15-8+/t10-/m1/s1. The number of esters is 1. The van der Waals surface area contributed by atoms with Crippen molar-refractivity contribution < 1.29 is 28.6 Å². The summed E-state index contributed by atoms with van der Waals surface area (Å²) in [6.45, 7) is 5.60. The zero-order chi connectivity index (χ0) is 20.1. The largest absolute Gasteiger partial charge is 0.493 e. The predicted molar refractivity (Wildman–Crippen MR) is 106 cm³/mol. The number of amides is 2. The molecule has 1 aliphatic heterocycles. The number of nitrogens with zero attached hydrogens (tertiary/aromatic N) is 1. The smallest absolute Gasteiger partial charge is 0.329 e. The molecule has 1 heterocycles. The molecule has 0 aliphatic carbocycles. The van der Waals surface area contributed by atoms with Crippen LogP contribution in [-0.2, 0) is 14.3 Å². The maximum atomic E-state index is 12.7. The van der Waals surface area contributed by atoms with Gasteiger partial charge in [0.2, 0.25) is 0 Å². The third-order valence-electron chi connectivity index (χ3n) is 3.71. The van der Waals surface area contributed by atoms with Crippen molar-refractivity contribution in [1.29, 1.82) is 0 Å². The van der Waals surface area contributed by atoms with E-state index in [9.17, 15) is 14.4 Å². The van der Waals surface area contributed by atoms with Crippen molar-refractivity contribution in [1.82, 2.24) is 4.90 Å². The molecular weight excluding hydrogens is 438 g/mol. The number of carbonyl (C=O) groups is 3. The molecule has 9 heteroatoms. The summed E-state index contributed by atoms with van der Waals surface area (Å²) in [7, 11) is 1.53. The molecule has 1 aliphatic rings. The van der Waals surface area contributed by atoms with Gasteiger partial charge in [-0.05, 0) is 56.3 Å². The molecule has 0 aromatic heterocycles. The number of methoxy groups -OCH3 is 1. The van der Waals surface area contributed by atoms with Gasteiger partial charge in [-0.3, -0.25) is 14.5 Å². The van der Waals surface area contributed by atoms with Crippen LogP contribution in [0.4, 0.5) is 4.79 Å². The van der Waals surface area contributed by atoms with Crippen LogP contribution in [0.25, 0.3) is 6.08 Å². The fourth-order valence-corrected chi connectivity index (χ4v) is 3.75. The quantitative estimate of drug-likeness (QED) is 0.454. The molecule has 2 amide bonds. The topological polar surface area (TPSA) is 82.1 Å². The number of hydrogen-bond donors (Lipinski definition) is 0. The van der Waals surface area contributed by atoms with Gasteiger partial charge in [0.15, 0.2) is 11.5 Å². The highest BCUT2D eigenvalue weighted by Crippen LogP contribution is 2.38. The van der Waals surface area contributed by atoms with E-state index < -0.39 is 23.2 Å². The molecule has 0 saturated carbocycles. The summed E-state index contributed by atoms with van der Waals surface area (Å²) in [5, 5.41) is -0.513. The monoisotopic (exact) mass is 457 g/mol. The fraction of sp³-hybridized carbons (Fsp3) is 0.389. The highest BCUT2D eigenvalue weighted by Gasteiger charge is 2.41. The lowest BCUT2D eigenvalue weighted by Crippen LogP contribution is -2.42. The minimum atomic E-state index is -0.985. The Morgan fingerprint density at radius 1 is 1.26 bits per heavy atom. The molecule has 1 aromatic rings. The van der Waals surface area contributed by atoms with E-state index in [-0.39, 0.29) is 11.5 Å². The van der Waals surface area contributed by atoms with Gasteiger partial charge in [-0.15, -0.1) is 0 Å². The Labute approximate surface area is 170 Å². The first kappa shape index (κ1) is 21.3. The zero-order valence-corrected chi connectivity index (χ0v) is 17.8. The first-order valence-corrected chi connectivity index (χ1v) is 9.88. The Balaban J connectivity index is 2.35. The molecule has 146 valence electrons. The van der Waals surface area contributed by atoms with E-state index in [1.807, 2.05) is 6.92 Å². The second-order valence-electron chi connectivity index (χ2n) is 5.44. The molecule has 0 bridgehead atoms. The lowest BCUT2D eigenvalue weighted by atomic mass is 10.1. The highest BCUT2D eigenvalue weighted by atomic mass is 79.9. The zero-order valence-electron chi connectivity index (χ0n) is 15.4. The van der Waals surface area contributed by atoms with E-state index in [2.05, 4.69) is 15.9 Å². The molecule has 1 fully saturated rings. The molecule has 7 nitrogen and oxygen atoms in total. The minimum Gasteiger partial charge on any atom is -0.493 e. The lowest BCUT2D eigenvalue weighted by Gasteiger charge is -2.19. The Kier molecular flexibility index (Phi) is 7.32. The maximum Gasteiger partial charge on any atom is 0.329 e. The number of ether oxygens (including phenoxy) is 3. The Hall–Kier alpha value is -2.00. The summed E-state index contributed by atoms with van der Waals surface area (Å²) in [6.07, 6.45) is 1.58. The number of imide groups is 1. The maximum absolute atomic E-state index is 12.7. The van der Waals surface area contributed by atoms with Crippen molar-refractivity contribution in [2.24, 2.45) is 0 Å². The van der Waals surface area contributed by atoms with Gasteiger partial charge >= 0.3 is 5.97 Å². The third-order valence-corrected chi connectivity index (χ3v) is 5.28. The van der Waals surface area contributed by atoms with Crippen molar-refractivity contribution >= 4 is 50.9 Å². The molecule has 2 rings (SSSR count). The van der Waals surface area contributed by atoms with E-state index in [1.54, 1.807) is 25.1 Å². The van der Waals surface area contributed by atoms with E-state index in [4.69, 9.17) is 14.2 Å². The average molecular weight is 458 g/mol. The van der Waals surface area contributed by atoms with Crippen LogP contribution in [0.5, 0.6) is 11.5 Å². The second-order valence-corrected chi connectivity index (χ2v) is 7.28. The second kappa shape index (κ2) is 9.27. The van der Waals surface area contributed by atoms with Gasteiger partial charge in [0.1, 0.15) is 6.04 Å². The van der Waals surface area contributed by atoms with Crippen LogP contribution in [0, 0.1) is 0 Å². The van der Waals surface area contributed by atoms with Crippen LogP contribution in [-0.4, -0.2) is 48.4 Å². The molecule has 1 atom stereocenters. The number of carbonyl (C=O) groups excluding carboxylic acids is 3. The van der Waals surface area contributed by atoms with Crippen LogP contribution in [0.3, 0.4) is 0 Å². The van der Waals surface area contributed by atoms with Crippen LogP contribution >= 0.6 is 27.7 Å². The number of hydrogen-bond acceptors (Lipinski definition) is 7. The van der Waals surface area contributed by atoms with Gasteiger partial charge in [0.05, 0.1) is 25.2 Å². The summed E-state index contributed by atoms with van der Waals surface area (Å²) >= 11 is 4.21. The van der Waals surface area contributed by atoms with Gasteiger partial charge in [0.25, 0.3) is 11.1 Å². The van der Waals surface area contributed by atoms with Crippen LogP contribution in [0.2, 0.25) is 0 Å². The van der Waals surface area contributed by atoms with Crippen molar-refractivity contribution in [3.63, 3.8) is 0 Å². The van der Waals surface area contributed by atoms with Crippen LogP contribution in [0.1, 0.15) is 26.3 Å². The summed E-state index contributed by atoms with van der Waals surface area (Å²) in [6, 6.07) is 2.46. The first-order chi connectivity index (χ1) is 12.8. The summed E-state index contributed by atoms with van der Waals surface area (Å²) in [4.78, 5) is 37.9. The summed E-state index contributed by atoms with van der Waals surface area (Å²) in [5.41, 5.74) is 0.647.